The second kappa shape index (κ2) is 8.21. The molecule has 2 heterocycles. The molecular weight excluding hydrogens is 362 g/mol. The van der Waals surface area contributed by atoms with Crippen molar-refractivity contribution in [2.45, 2.75) is 19.9 Å². The molecule has 0 saturated carbocycles. The maximum absolute atomic E-state index is 12.6. The van der Waals surface area contributed by atoms with Crippen LogP contribution in [0.2, 0.25) is 0 Å². The zero-order valence-electron chi connectivity index (χ0n) is 17.1. The Morgan fingerprint density at radius 2 is 1.59 bits per heavy atom. The van der Waals surface area contributed by atoms with Crippen LogP contribution in [0.25, 0.3) is 10.9 Å². The van der Waals surface area contributed by atoms with Crippen LogP contribution < -0.4 is 0 Å². The van der Waals surface area contributed by atoms with E-state index in [4.69, 9.17) is 0 Å². The average Bonchev–Trinajstić information content (AvgIpc) is 3.10. The topological polar surface area (TPSA) is 45.6 Å². The number of rotatable bonds is 5. The maximum atomic E-state index is 12.6. The van der Waals surface area contributed by atoms with Crippen molar-refractivity contribution in [3.8, 4) is 0 Å². The minimum absolute atomic E-state index is 0.160. The number of ketones is 1. The molecule has 0 spiro atoms. The summed E-state index contributed by atoms with van der Waals surface area (Å²) >= 11 is 0. The molecule has 1 aromatic heterocycles. The fourth-order valence-corrected chi connectivity index (χ4v) is 3.94. The number of carbonyl (C=O) groups excluding carboxylic acids is 2. The van der Waals surface area contributed by atoms with Gasteiger partial charge in [-0.2, -0.15) is 0 Å². The lowest BCUT2D eigenvalue weighted by molar-refractivity contribution is -0.145. The number of aryl methyl sites for hydroxylation is 2. The standard InChI is InChI=1S/C24H27N3O2/c1-18-3-5-19(6-4-18)17-26-11-13-27(14-12-26)24(29)23(28)16-20-7-8-22-21(15-20)9-10-25(22)2/h3-10,15H,11-14,16-17H2,1-2H3. The lowest BCUT2D eigenvalue weighted by Gasteiger charge is -2.34. The summed E-state index contributed by atoms with van der Waals surface area (Å²) in [5.74, 6) is -0.680. The first-order valence-corrected chi connectivity index (χ1v) is 10.1. The summed E-state index contributed by atoms with van der Waals surface area (Å²) in [6.07, 6.45) is 2.16. The van der Waals surface area contributed by atoms with Crippen molar-refractivity contribution >= 4 is 22.6 Å². The van der Waals surface area contributed by atoms with E-state index in [9.17, 15) is 9.59 Å². The van der Waals surface area contributed by atoms with Gasteiger partial charge < -0.3 is 9.47 Å². The van der Waals surface area contributed by atoms with Gasteiger partial charge in [-0.25, -0.2) is 0 Å². The van der Waals surface area contributed by atoms with E-state index in [-0.39, 0.29) is 18.1 Å². The lowest BCUT2D eigenvalue weighted by atomic mass is 10.1. The summed E-state index contributed by atoms with van der Waals surface area (Å²) in [6, 6.07) is 16.5. The summed E-state index contributed by atoms with van der Waals surface area (Å²) in [5.41, 5.74) is 4.55. The van der Waals surface area contributed by atoms with Crippen molar-refractivity contribution in [1.82, 2.24) is 14.4 Å². The largest absolute Gasteiger partial charge is 0.351 e. The molecule has 4 rings (SSSR count). The molecule has 0 unspecified atom stereocenters. The number of carbonyl (C=O) groups is 2. The average molecular weight is 389 g/mol. The molecule has 29 heavy (non-hydrogen) atoms. The highest BCUT2D eigenvalue weighted by atomic mass is 16.2. The van der Waals surface area contributed by atoms with E-state index < -0.39 is 0 Å². The molecule has 1 saturated heterocycles. The summed E-state index contributed by atoms with van der Waals surface area (Å²) in [5, 5.41) is 1.09. The number of Topliss-reactive ketones (excluding diaryl/α,β-unsaturated/α-hetero) is 1. The molecule has 0 N–H and O–H groups in total. The molecule has 3 aromatic rings. The van der Waals surface area contributed by atoms with Gasteiger partial charge in [0.15, 0.2) is 0 Å². The van der Waals surface area contributed by atoms with Gasteiger partial charge in [-0.15, -0.1) is 0 Å². The molecular formula is C24H27N3O2. The third-order valence-electron chi connectivity index (χ3n) is 5.74. The van der Waals surface area contributed by atoms with Gasteiger partial charge in [-0.1, -0.05) is 35.9 Å². The van der Waals surface area contributed by atoms with Crippen molar-refractivity contribution in [3.05, 3.63) is 71.4 Å². The van der Waals surface area contributed by atoms with Crippen LogP contribution >= 0.6 is 0 Å². The molecule has 5 nitrogen and oxygen atoms in total. The Bertz CT molecular complexity index is 1030. The normalized spacial score (nSPS) is 15.0. The van der Waals surface area contributed by atoms with Crippen molar-refractivity contribution in [2.75, 3.05) is 26.2 Å². The third-order valence-corrected chi connectivity index (χ3v) is 5.74. The summed E-state index contributed by atoms with van der Waals surface area (Å²) in [6.45, 7) is 5.77. The van der Waals surface area contributed by atoms with E-state index in [0.29, 0.717) is 13.1 Å². The Morgan fingerprint density at radius 3 is 2.31 bits per heavy atom. The number of benzene rings is 2. The zero-order chi connectivity index (χ0) is 20.4. The minimum atomic E-state index is -0.354. The molecule has 150 valence electrons. The van der Waals surface area contributed by atoms with Crippen molar-refractivity contribution < 1.29 is 9.59 Å². The quantitative estimate of drug-likeness (QED) is 0.631. The number of aromatic nitrogens is 1. The first-order valence-electron chi connectivity index (χ1n) is 10.1. The molecule has 0 bridgehead atoms. The number of nitrogens with zero attached hydrogens (tertiary/aromatic N) is 3. The molecule has 1 fully saturated rings. The van der Waals surface area contributed by atoms with Gasteiger partial charge in [-0.3, -0.25) is 14.5 Å². The fraction of sp³-hybridized carbons (Fsp3) is 0.333. The number of fused-ring (bicyclic) bond motifs is 1. The highest BCUT2D eigenvalue weighted by molar-refractivity contribution is 6.36. The SMILES string of the molecule is Cc1ccc(CN2CCN(C(=O)C(=O)Cc3ccc4c(ccn4C)c3)CC2)cc1. The molecule has 0 aliphatic carbocycles. The Kier molecular flexibility index (Phi) is 5.49. The molecule has 1 aliphatic heterocycles. The van der Waals surface area contributed by atoms with Gasteiger partial charge >= 0.3 is 0 Å². The summed E-state index contributed by atoms with van der Waals surface area (Å²) in [4.78, 5) is 29.2. The van der Waals surface area contributed by atoms with Crippen LogP contribution in [-0.2, 0) is 29.6 Å². The van der Waals surface area contributed by atoms with Crippen LogP contribution in [0.1, 0.15) is 16.7 Å². The van der Waals surface area contributed by atoms with Crippen LogP contribution in [0, 0.1) is 6.92 Å². The van der Waals surface area contributed by atoms with Crippen LogP contribution in [0.4, 0.5) is 0 Å². The van der Waals surface area contributed by atoms with E-state index in [1.165, 1.54) is 11.1 Å². The van der Waals surface area contributed by atoms with E-state index in [2.05, 4.69) is 36.1 Å². The Balaban J connectivity index is 1.31. The second-order valence-electron chi connectivity index (χ2n) is 7.97. The molecule has 5 heteroatoms. The second-order valence-corrected chi connectivity index (χ2v) is 7.97. The van der Waals surface area contributed by atoms with Gasteiger partial charge in [0, 0.05) is 57.9 Å². The summed E-state index contributed by atoms with van der Waals surface area (Å²) < 4.78 is 2.04. The minimum Gasteiger partial charge on any atom is -0.351 e. The number of piperazine rings is 1. The Morgan fingerprint density at radius 1 is 0.897 bits per heavy atom. The van der Waals surface area contributed by atoms with E-state index in [1.54, 1.807) is 4.90 Å². The van der Waals surface area contributed by atoms with Crippen molar-refractivity contribution in [1.29, 1.82) is 0 Å². The number of hydrogen-bond acceptors (Lipinski definition) is 3. The summed E-state index contributed by atoms with van der Waals surface area (Å²) in [7, 11) is 2.00. The van der Waals surface area contributed by atoms with Crippen LogP contribution in [0.3, 0.4) is 0 Å². The molecule has 0 radical (unpaired) electrons. The smallest absolute Gasteiger partial charge is 0.290 e. The Labute approximate surface area is 171 Å². The number of hydrogen-bond donors (Lipinski definition) is 0. The van der Waals surface area contributed by atoms with Gasteiger partial charge in [-0.05, 0) is 41.6 Å². The Hall–Kier alpha value is -2.92. The predicted octanol–water partition coefficient (Wildman–Crippen LogP) is 2.94. The lowest BCUT2D eigenvalue weighted by Crippen LogP contribution is -2.50. The van der Waals surface area contributed by atoms with E-state index in [0.717, 1.165) is 36.1 Å². The van der Waals surface area contributed by atoms with Crippen LogP contribution in [0.15, 0.2) is 54.7 Å². The maximum Gasteiger partial charge on any atom is 0.290 e. The third kappa shape index (κ3) is 4.40. The van der Waals surface area contributed by atoms with Crippen molar-refractivity contribution in [3.63, 3.8) is 0 Å². The number of amides is 1. The molecule has 0 atom stereocenters. The predicted molar refractivity (Wildman–Crippen MR) is 115 cm³/mol. The van der Waals surface area contributed by atoms with Gasteiger partial charge in [0.05, 0.1) is 0 Å². The van der Waals surface area contributed by atoms with Crippen molar-refractivity contribution in [2.24, 2.45) is 7.05 Å². The molecule has 2 aromatic carbocycles. The highest BCUT2D eigenvalue weighted by Crippen LogP contribution is 2.17. The van der Waals surface area contributed by atoms with E-state index in [1.807, 2.05) is 42.1 Å². The van der Waals surface area contributed by atoms with E-state index >= 15 is 0 Å². The first-order chi connectivity index (χ1) is 14.0. The van der Waals surface area contributed by atoms with Crippen LogP contribution in [-0.4, -0.2) is 52.2 Å². The van der Waals surface area contributed by atoms with Gasteiger partial charge in [0.1, 0.15) is 0 Å². The van der Waals surface area contributed by atoms with Crippen LogP contribution in [0.5, 0.6) is 0 Å². The van der Waals surface area contributed by atoms with Gasteiger partial charge in [0.25, 0.3) is 5.91 Å². The molecule has 1 aliphatic rings. The van der Waals surface area contributed by atoms with Gasteiger partial charge in [0.2, 0.25) is 5.78 Å². The zero-order valence-corrected chi connectivity index (χ0v) is 17.1. The molecule has 1 amide bonds. The monoisotopic (exact) mass is 389 g/mol. The fourth-order valence-electron chi connectivity index (χ4n) is 3.94. The highest BCUT2D eigenvalue weighted by Gasteiger charge is 2.26. The first kappa shape index (κ1) is 19.4.